The molecular weight excluding hydrogens is 376 g/mol. The second kappa shape index (κ2) is 7.92. The van der Waals surface area contributed by atoms with Crippen molar-refractivity contribution in [3.63, 3.8) is 0 Å². The van der Waals surface area contributed by atoms with Gasteiger partial charge in [0.2, 0.25) is 0 Å². The van der Waals surface area contributed by atoms with Crippen LogP contribution in [-0.4, -0.2) is 0 Å². The number of hydrogen-bond acceptors (Lipinski definition) is 0. The molecule has 4 aromatic rings. The average Bonchev–Trinajstić information content (AvgIpc) is 2.75. The lowest BCUT2D eigenvalue weighted by molar-refractivity contribution is 0.446. The lowest BCUT2D eigenvalue weighted by Gasteiger charge is -2.12. The van der Waals surface area contributed by atoms with E-state index in [1.165, 1.54) is 18.2 Å². The first-order chi connectivity index (χ1) is 14.1. The fourth-order valence-electron chi connectivity index (χ4n) is 3.33. The van der Waals surface area contributed by atoms with Gasteiger partial charge in [-0.2, -0.15) is 0 Å². The molecule has 144 valence electrons. The molecule has 0 saturated carbocycles. The third-order valence-electron chi connectivity index (χ3n) is 4.82. The van der Waals surface area contributed by atoms with Crippen LogP contribution >= 0.6 is 0 Å². The molecule has 0 fully saturated rings. The van der Waals surface area contributed by atoms with Crippen molar-refractivity contribution in [1.29, 1.82) is 0 Å². The minimum Gasteiger partial charge on any atom is -0.203 e. The Bertz CT molecular complexity index is 1180. The summed E-state index contributed by atoms with van der Waals surface area (Å²) in [6, 6.07) is 21.0. The van der Waals surface area contributed by atoms with Crippen LogP contribution in [0.1, 0.15) is 11.1 Å². The minimum atomic E-state index is -1.39. The fourth-order valence-corrected chi connectivity index (χ4v) is 3.33. The van der Waals surface area contributed by atoms with Gasteiger partial charge in [0.25, 0.3) is 0 Å². The van der Waals surface area contributed by atoms with Crippen molar-refractivity contribution in [2.24, 2.45) is 0 Å². The molecular formula is C25H16F4. The summed E-state index contributed by atoms with van der Waals surface area (Å²) >= 11 is 0. The summed E-state index contributed by atoms with van der Waals surface area (Å²) < 4.78 is 58.7. The smallest absolute Gasteiger partial charge is 0.170 e. The van der Waals surface area contributed by atoms with Gasteiger partial charge in [-0.3, -0.25) is 0 Å². The Hall–Kier alpha value is -3.40. The van der Waals surface area contributed by atoms with Gasteiger partial charge in [0.1, 0.15) is 0 Å². The van der Waals surface area contributed by atoms with Gasteiger partial charge in [-0.15, -0.1) is 0 Å². The lowest BCUT2D eigenvalue weighted by Crippen LogP contribution is -2.05. The number of benzene rings is 4. The first kappa shape index (κ1) is 18.9. The molecule has 0 heterocycles. The summed E-state index contributed by atoms with van der Waals surface area (Å²) in [4.78, 5) is 0. The predicted molar refractivity (Wildman–Crippen MR) is 108 cm³/mol. The summed E-state index contributed by atoms with van der Waals surface area (Å²) in [5, 5.41) is 1.58. The number of rotatable bonds is 4. The predicted octanol–water partition coefficient (Wildman–Crippen LogP) is 7.32. The summed E-state index contributed by atoms with van der Waals surface area (Å²) in [6.07, 6.45) is 2.86. The maximum absolute atomic E-state index is 14.7. The van der Waals surface area contributed by atoms with Crippen molar-refractivity contribution in [3.05, 3.63) is 113 Å². The number of halogens is 4. The standard InChI is InChI=1S/C25H16F4/c26-22-20(12-6-9-16-7-2-1-3-8-16)23(27)25(29)21(24(22)28)19-14-13-17-10-4-5-11-18(17)15-19/h1-11,13-15H,12H2/b9-6+. The third-order valence-corrected chi connectivity index (χ3v) is 4.82. The normalized spacial score (nSPS) is 11.4. The van der Waals surface area contributed by atoms with Crippen molar-refractivity contribution >= 4 is 16.8 Å². The number of allylic oxidation sites excluding steroid dienone is 1. The maximum Gasteiger partial charge on any atom is 0.170 e. The van der Waals surface area contributed by atoms with E-state index < -0.39 is 34.4 Å². The molecule has 0 nitrogen and oxygen atoms in total. The highest BCUT2D eigenvalue weighted by atomic mass is 19.2. The Balaban J connectivity index is 1.74. The fraction of sp³-hybridized carbons (Fsp3) is 0.0400. The molecule has 4 heteroatoms. The van der Waals surface area contributed by atoms with Crippen LogP contribution in [0, 0.1) is 23.3 Å². The molecule has 0 aromatic heterocycles. The summed E-state index contributed by atoms with van der Waals surface area (Å²) in [5.41, 5.74) is -0.414. The van der Waals surface area contributed by atoms with Gasteiger partial charge in [0, 0.05) is 5.56 Å². The van der Waals surface area contributed by atoms with Gasteiger partial charge in [0.15, 0.2) is 23.3 Å². The van der Waals surface area contributed by atoms with E-state index in [-0.39, 0.29) is 12.0 Å². The molecule has 0 aliphatic rings. The van der Waals surface area contributed by atoms with E-state index in [0.29, 0.717) is 0 Å². The molecule has 0 saturated heterocycles. The maximum atomic E-state index is 14.7. The molecule has 0 amide bonds. The largest absolute Gasteiger partial charge is 0.203 e. The summed E-state index contributed by atoms with van der Waals surface area (Å²) in [5.74, 6) is -5.51. The van der Waals surface area contributed by atoms with Crippen molar-refractivity contribution in [3.8, 4) is 11.1 Å². The lowest BCUT2D eigenvalue weighted by atomic mass is 9.97. The van der Waals surface area contributed by atoms with E-state index in [4.69, 9.17) is 0 Å². The molecule has 29 heavy (non-hydrogen) atoms. The van der Waals surface area contributed by atoms with Crippen LogP contribution in [0.3, 0.4) is 0 Å². The quantitative estimate of drug-likeness (QED) is 0.252. The highest BCUT2D eigenvalue weighted by Gasteiger charge is 2.25. The Kier molecular flexibility index (Phi) is 5.17. The van der Waals surface area contributed by atoms with Crippen LogP contribution in [0.2, 0.25) is 0 Å². The minimum absolute atomic E-state index is 0.0860. The van der Waals surface area contributed by atoms with Crippen molar-refractivity contribution in [2.45, 2.75) is 6.42 Å². The van der Waals surface area contributed by atoms with E-state index >= 15 is 0 Å². The monoisotopic (exact) mass is 392 g/mol. The van der Waals surface area contributed by atoms with Gasteiger partial charge in [-0.05, 0) is 34.4 Å². The molecule has 0 atom stereocenters. The van der Waals surface area contributed by atoms with Crippen LogP contribution in [0.5, 0.6) is 0 Å². The Morgan fingerprint density at radius 3 is 1.93 bits per heavy atom. The van der Waals surface area contributed by atoms with Gasteiger partial charge in [0.05, 0.1) is 5.56 Å². The van der Waals surface area contributed by atoms with Gasteiger partial charge in [-0.25, -0.2) is 17.6 Å². The summed E-state index contributed by atoms with van der Waals surface area (Å²) in [6.45, 7) is 0. The number of hydrogen-bond donors (Lipinski definition) is 0. The first-order valence-electron chi connectivity index (χ1n) is 9.12. The second-order valence-electron chi connectivity index (χ2n) is 6.69. The van der Waals surface area contributed by atoms with E-state index in [0.717, 1.165) is 16.3 Å². The van der Waals surface area contributed by atoms with E-state index in [1.807, 2.05) is 42.5 Å². The van der Waals surface area contributed by atoms with Crippen molar-refractivity contribution < 1.29 is 17.6 Å². The zero-order chi connectivity index (χ0) is 20.4. The molecule has 4 aromatic carbocycles. The van der Waals surface area contributed by atoms with E-state index in [9.17, 15) is 17.6 Å². The van der Waals surface area contributed by atoms with Crippen LogP contribution in [0.25, 0.3) is 28.0 Å². The van der Waals surface area contributed by atoms with Gasteiger partial charge >= 0.3 is 0 Å². The second-order valence-corrected chi connectivity index (χ2v) is 6.69. The molecule has 0 bridgehead atoms. The van der Waals surface area contributed by atoms with Gasteiger partial charge < -0.3 is 0 Å². The molecule has 4 rings (SSSR count). The summed E-state index contributed by atoms with van der Waals surface area (Å²) in [7, 11) is 0. The Labute approximate surface area is 165 Å². The molecule has 0 N–H and O–H groups in total. The molecule has 0 unspecified atom stereocenters. The van der Waals surface area contributed by atoms with Crippen LogP contribution in [0.15, 0.2) is 78.9 Å². The molecule has 0 aliphatic heterocycles. The Morgan fingerprint density at radius 2 is 1.24 bits per heavy atom. The topological polar surface area (TPSA) is 0 Å². The van der Waals surface area contributed by atoms with E-state index in [1.54, 1.807) is 24.3 Å². The van der Waals surface area contributed by atoms with Crippen molar-refractivity contribution in [1.82, 2.24) is 0 Å². The average molecular weight is 392 g/mol. The highest BCUT2D eigenvalue weighted by Crippen LogP contribution is 2.34. The van der Waals surface area contributed by atoms with Crippen LogP contribution in [-0.2, 0) is 6.42 Å². The zero-order valence-corrected chi connectivity index (χ0v) is 15.3. The SMILES string of the molecule is Fc1c(F)c(-c2ccc3ccccc3c2)c(F)c(F)c1C/C=C/c1ccccc1. The third kappa shape index (κ3) is 3.66. The first-order valence-corrected chi connectivity index (χ1v) is 9.12. The van der Waals surface area contributed by atoms with Gasteiger partial charge in [-0.1, -0.05) is 78.9 Å². The van der Waals surface area contributed by atoms with Crippen molar-refractivity contribution in [2.75, 3.05) is 0 Å². The zero-order valence-electron chi connectivity index (χ0n) is 15.3. The molecule has 0 radical (unpaired) electrons. The highest BCUT2D eigenvalue weighted by molar-refractivity contribution is 5.87. The van der Waals surface area contributed by atoms with E-state index in [2.05, 4.69) is 0 Å². The Morgan fingerprint density at radius 1 is 0.621 bits per heavy atom. The molecule has 0 aliphatic carbocycles. The van der Waals surface area contributed by atoms with Crippen LogP contribution in [0.4, 0.5) is 17.6 Å². The number of fused-ring (bicyclic) bond motifs is 1. The molecule has 0 spiro atoms. The van der Waals surface area contributed by atoms with Crippen LogP contribution < -0.4 is 0 Å².